The molecule has 5 heteroatoms. The number of para-hydroxylation sites is 1. The van der Waals surface area contributed by atoms with E-state index in [4.69, 9.17) is 9.05 Å². The number of nitrogens with one attached hydrogen (secondary N) is 1. The van der Waals surface area contributed by atoms with Crippen molar-refractivity contribution in [1.29, 1.82) is 0 Å². The van der Waals surface area contributed by atoms with Crippen molar-refractivity contribution in [3.63, 3.8) is 0 Å². The molecule has 0 saturated carbocycles. The first-order chi connectivity index (χ1) is 7.59. The van der Waals surface area contributed by atoms with Gasteiger partial charge in [0, 0.05) is 0 Å². The summed E-state index contributed by atoms with van der Waals surface area (Å²) in [6.07, 6.45) is -0.836. The predicted octanol–water partition coefficient (Wildman–Crippen LogP) is 3.08. The molecule has 1 N–H and O–H groups in total. The van der Waals surface area contributed by atoms with E-state index < -0.39 is 6.11 Å². The second-order valence-corrected chi connectivity index (χ2v) is 8.68. The fraction of sp³-hybridized carbons (Fsp3) is 0.455. The Morgan fingerprint density at radius 2 is 2.19 bits per heavy atom. The molecule has 2 atom stereocenters. The molecule has 2 unspecified atom stereocenters. The monoisotopic (exact) mass is 305 g/mol. The molecule has 1 aromatic rings. The van der Waals surface area contributed by atoms with Crippen LogP contribution < -0.4 is 5.09 Å². The van der Waals surface area contributed by atoms with Gasteiger partial charge in [0.25, 0.3) is 0 Å². The van der Waals surface area contributed by atoms with Crippen LogP contribution in [0, 0.1) is 6.92 Å². The van der Waals surface area contributed by atoms with Crippen LogP contribution in [0.3, 0.4) is 0 Å². The van der Waals surface area contributed by atoms with E-state index in [0.717, 1.165) is 18.7 Å². The normalized spacial score (nSPS) is 30.0. The summed E-state index contributed by atoms with van der Waals surface area (Å²) in [5, 5.41) is 3.37. The van der Waals surface area contributed by atoms with Crippen molar-refractivity contribution in [2.75, 3.05) is 11.7 Å². The number of hydrogen-bond acceptors (Lipinski definition) is 3. The van der Waals surface area contributed by atoms with Crippen molar-refractivity contribution in [2.24, 2.45) is 0 Å². The van der Waals surface area contributed by atoms with Crippen LogP contribution in [0.2, 0.25) is 0 Å². The first-order valence-electron chi connectivity index (χ1n) is 5.36. The van der Waals surface area contributed by atoms with E-state index in [1.54, 1.807) is 0 Å². The Hall–Kier alpha value is -0.111. The minimum atomic E-state index is -2.04. The fourth-order valence-corrected chi connectivity index (χ4v) is 5.23. The van der Waals surface area contributed by atoms with Gasteiger partial charge in [0.05, 0.1) is 0 Å². The molecule has 16 heavy (non-hydrogen) atoms. The van der Waals surface area contributed by atoms with Crippen LogP contribution in [-0.4, -0.2) is 27.8 Å². The second kappa shape index (κ2) is 5.03. The molecule has 0 aromatic heterocycles. The van der Waals surface area contributed by atoms with Gasteiger partial charge in [0.15, 0.2) is 0 Å². The summed E-state index contributed by atoms with van der Waals surface area (Å²) in [6, 6.07) is 8.15. The van der Waals surface area contributed by atoms with Crippen molar-refractivity contribution in [3.8, 4) is 0 Å². The van der Waals surface area contributed by atoms with Gasteiger partial charge in [-0.05, 0) is 0 Å². The molecule has 1 aliphatic heterocycles. The molecular weight excluding hydrogens is 288 g/mol. The maximum absolute atomic E-state index is 5.85. The van der Waals surface area contributed by atoms with Crippen molar-refractivity contribution in [2.45, 2.75) is 26.4 Å². The number of anilines is 1. The number of rotatable bonds is 2. The Balaban J connectivity index is 2.15. The predicted molar refractivity (Wildman–Crippen MR) is 68.6 cm³/mol. The summed E-state index contributed by atoms with van der Waals surface area (Å²) in [6.45, 7) is 4.90. The molecule has 3 nitrogen and oxygen atoms in total. The van der Waals surface area contributed by atoms with Crippen molar-refractivity contribution < 1.29 is 9.05 Å². The van der Waals surface area contributed by atoms with E-state index in [9.17, 15) is 0 Å². The summed E-state index contributed by atoms with van der Waals surface area (Å²) in [4.78, 5) is 0. The molecule has 1 saturated heterocycles. The van der Waals surface area contributed by atoms with Gasteiger partial charge in [-0.25, -0.2) is 0 Å². The van der Waals surface area contributed by atoms with Crippen LogP contribution >= 0.6 is 6.11 Å². The van der Waals surface area contributed by atoms with Gasteiger partial charge in [0.1, 0.15) is 0 Å². The van der Waals surface area contributed by atoms with Gasteiger partial charge >= 0.3 is 104 Å². The SMILES string of the molecule is Cc1ccccc1NP1(=[Se])OCCC(C)O1. The van der Waals surface area contributed by atoms with E-state index in [2.05, 4.69) is 40.1 Å². The summed E-state index contributed by atoms with van der Waals surface area (Å²) in [5.41, 5.74) is 2.27. The third kappa shape index (κ3) is 2.97. The van der Waals surface area contributed by atoms with E-state index in [0.29, 0.717) is 0 Å². The van der Waals surface area contributed by atoms with Crippen molar-refractivity contribution in [3.05, 3.63) is 29.8 Å². The number of benzene rings is 1. The van der Waals surface area contributed by atoms with Crippen LogP contribution in [0.4, 0.5) is 5.69 Å². The van der Waals surface area contributed by atoms with Gasteiger partial charge in [-0.3, -0.25) is 0 Å². The summed E-state index contributed by atoms with van der Waals surface area (Å²) < 4.78 is 11.6. The molecule has 0 radical (unpaired) electrons. The van der Waals surface area contributed by atoms with Crippen LogP contribution in [0.5, 0.6) is 0 Å². The molecular formula is C11H16NO2PSe. The van der Waals surface area contributed by atoms with Crippen LogP contribution in [0.15, 0.2) is 24.3 Å². The summed E-state index contributed by atoms with van der Waals surface area (Å²) in [7, 11) is 0. The number of aryl methyl sites for hydroxylation is 1. The second-order valence-electron chi connectivity index (χ2n) is 3.96. The molecule has 1 aliphatic rings. The Bertz CT molecular complexity index is 424. The Labute approximate surface area is 104 Å². The minimum absolute atomic E-state index is 0.250. The summed E-state index contributed by atoms with van der Waals surface area (Å²) >= 11 is 3.05. The average molecular weight is 304 g/mol. The van der Waals surface area contributed by atoms with Gasteiger partial charge < -0.3 is 0 Å². The molecule has 1 fully saturated rings. The van der Waals surface area contributed by atoms with Gasteiger partial charge in [-0.1, -0.05) is 0 Å². The Kier molecular flexibility index (Phi) is 3.88. The zero-order chi connectivity index (χ0) is 11.6. The molecule has 0 spiro atoms. The van der Waals surface area contributed by atoms with Gasteiger partial charge in [-0.2, -0.15) is 0 Å². The molecule has 1 heterocycles. The fourth-order valence-electron chi connectivity index (χ4n) is 1.56. The summed E-state index contributed by atoms with van der Waals surface area (Å²) in [5.74, 6) is 0. The van der Waals surface area contributed by atoms with Crippen LogP contribution in [0.1, 0.15) is 18.9 Å². The third-order valence-corrected chi connectivity index (χ3v) is 5.96. The van der Waals surface area contributed by atoms with E-state index >= 15 is 0 Å². The maximum atomic E-state index is 5.85. The Morgan fingerprint density at radius 1 is 1.44 bits per heavy atom. The number of hydrogen-bond donors (Lipinski definition) is 1. The van der Waals surface area contributed by atoms with Crippen molar-refractivity contribution >= 4 is 26.9 Å². The van der Waals surface area contributed by atoms with Crippen LogP contribution in [-0.2, 0) is 9.05 Å². The third-order valence-electron chi connectivity index (χ3n) is 2.51. The molecule has 1 aromatic carbocycles. The van der Waals surface area contributed by atoms with E-state index in [1.165, 1.54) is 5.56 Å². The molecule has 2 rings (SSSR count). The first-order valence-corrected chi connectivity index (χ1v) is 9.20. The first kappa shape index (κ1) is 12.3. The molecule has 0 bridgehead atoms. The molecule has 0 aliphatic carbocycles. The van der Waals surface area contributed by atoms with Gasteiger partial charge in [0.2, 0.25) is 0 Å². The van der Waals surface area contributed by atoms with Crippen LogP contribution in [0.25, 0.3) is 0 Å². The topological polar surface area (TPSA) is 30.5 Å². The Morgan fingerprint density at radius 3 is 2.88 bits per heavy atom. The standard InChI is InChI=1S/C11H16NO2PSe/c1-9-5-3-4-6-11(9)12-15(16)13-8-7-10(2)14-15/h3-6,10H,7-8H2,1-2H3,(H,12,16). The zero-order valence-electron chi connectivity index (χ0n) is 9.47. The molecule has 0 amide bonds. The van der Waals surface area contributed by atoms with E-state index in [-0.39, 0.29) is 6.10 Å². The van der Waals surface area contributed by atoms with Crippen molar-refractivity contribution in [1.82, 2.24) is 0 Å². The van der Waals surface area contributed by atoms with E-state index in [1.807, 2.05) is 18.2 Å². The average Bonchev–Trinajstić information content (AvgIpc) is 2.21. The quantitative estimate of drug-likeness (QED) is 0.673. The molecule has 88 valence electrons. The zero-order valence-corrected chi connectivity index (χ0v) is 12.1. The van der Waals surface area contributed by atoms with Gasteiger partial charge in [-0.15, -0.1) is 0 Å².